The molecule has 0 spiro atoms. The summed E-state index contributed by atoms with van der Waals surface area (Å²) < 4.78 is 18.4. The first-order valence-electron chi connectivity index (χ1n) is 4.90. The predicted octanol–water partition coefficient (Wildman–Crippen LogP) is 2.30. The largest absolute Gasteiger partial charge is 0.396 e. The minimum atomic E-state index is -0.311. The maximum atomic E-state index is 13.2. The van der Waals surface area contributed by atoms with Crippen LogP contribution in [-0.2, 0) is 4.74 Å². The number of anilines is 1. The molecule has 0 unspecified atom stereocenters. The second-order valence-corrected chi connectivity index (χ2v) is 3.67. The van der Waals surface area contributed by atoms with Crippen molar-refractivity contribution in [1.82, 2.24) is 0 Å². The fraction of sp³-hybridized carbons (Fsp3) is 0.455. The summed E-state index contributed by atoms with van der Waals surface area (Å²) in [4.78, 5) is 0. The third kappa shape index (κ3) is 1.87. The van der Waals surface area contributed by atoms with E-state index in [-0.39, 0.29) is 11.5 Å². The summed E-state index contributed by atoms with van der Waals surface area (Å²) in [6.45, 7) is 1.55. The van der Waals surface area contributed by atoms with Gasteiger partial charge in [-0.2, -0.15) is 0 Å². The lowest BCUT2D eigenvalue weighted by atomic mass is 9.91. The minimum absolute atomic E-state index is 0.223. The zero-order valence-electron chi connectivity index (χ0n) is 8.00. The molecule has 0 radical (unpaired) electrons. The fourth-order valence-corrected chi connectivity index (χ4v) is 1.83. The smallest absolute Gasteiger partial charge is 0.146 e. The highest BCUT2D eigenvalue weighted by molar-refractivity contribution is 5.42. The monoisotopic (exact) mass is 195 g/mol. The maximum Gasteiger partial charge on any atom is 0.146 e. The quantitative estimate of drug-likeness (QED) is 0.698. The summed E-state index contributed by atoms with van der Waals surface area (Å²) in [5.74, 6) is 0.118. The Morgan fingerprint density at radius 3 is 2.64 bits per heavy atom. The van der Waals surface area contributed by atoms with Crippen molar-refractivity contribution in [3.8, 4) is 0 Å². The van der Waals surface area contributed by atoms with Crippen molar-refractivity contribution in [2.24, 2.45) is 0 Å². The number of nitrogen functional groups attached to an aromatic ring is 1. The number of benzene rings is 1. The molecule has 1 fully saturated rings. The molecule has 2 N–H and O–H groups in total. The minimum Gasteiger partial charge on any atom is -0.396 e. The molecule has 1 heterocycles. The first kappa shape index (κ1) is 9.46. The number of hydrogen-bond acceptors (Lipinski definition) is 2. The van der Waals surface area contributed by atoms with Gasteiger partial charge in [0.05, 0.1) is 5.69 Å². The van der Waals surface area contributed by atoms with Crippen LogP contribution >= 0.6 is 0 Å². The van der Waals surface area contributed by atoms with Gasteiger partial charge in [0.25, 0.3) is 0 Å². The van der Waals surface area contributed by atoms with Crippen molar-refractivity contribution in [3.63, 3.8) is 0 Å². The van der Waals surface area contributed by atoms with Gasteiger partial charge in [-0.15, -0.1) is 0 Å². The Kier molecular flexibility index (Phi) is 2.68. The molecule has 76 valence electrons. The lowest BCUT2D eigenvalue weighted by Crippen LogP contribution is -2.14. The molecule has 0 atom stereocenters. The summed E-state index contributed by atoms with van der Waals surface area (Å²) in [7, 11) is 0. The van der Waals surface area contributed by atoms with E-state index in [1.807, 2.05) is 6.07 Å². The number of ether oxygens (including phenoxy) is 1. The molecule has 1 aromatic rings. The Hall–Kier alpha value is -1.09. The second-order valence-electron chi connectivity index (χ2n) is 3.67. The van der Waals surface area contributed by atoms with Gasteiger partial charge in [0.2, 0.25) is 0 Å². The molecule has 0 amide bonds. The molecule has 1 saturated heterocycles. The molecular formula is C11H14FNO. The molecule has 2 rings (SSSR count). The first-order chi connectivity index (χ1) is 6.77. The van der Waals surface area contributed by atoms with Crippen LogP contribution in [0.5, 0.6) is 0 Å². The van der Waals surface area contributed by atoms with Gasteiger partial charge in [0.1, 0.15) is 5.82 Å². The van der Waals surface area contributed by atoms with Gasteiger partial charge in [-0.25, -0.2) is 4.39 Å². The van der Waals surface area contributed by atoms with Crippen molar-refractivity contribution in [3.05, 3.63) is 29.6 Å². The van der Waals surface area contributed by atoms with E-state index < -0.39 is 0 Å². The van der Waals surface area contributed by atoms with E-state index in [1.54, 1.807) is 12.1 Å². The van der Waals surface area contributed by atoms with E-state index in [1.165, 1.54) is 0 Å². The summed E-state index contributed by atoms with van der Waals surface area (Å²) in [6.07, 6.45) is 1.95. The van der Waals surface area contributed by atoms with Gasteiger partial charge in [-0.3, -0.25) is 0 Å². The van der Waals surface area contributed by atoms with E-state index in [0.29, 0.717) is 5.92 Å². The molecule has 0 saturated carbocycles. The van der Waals surface area contributed by atoms with Gasteiger partial charge >= 0.3 is 0 Å². The Balaban J connectivity index is 2.18. The molecule has 3 heteroatoms. The van der Waals surface area contributed by atoms with E-state index in [0.717, 1.165) is 31.6 Å². The van der Waals surface area contributed by atoms with Crippen LogP contribution in [0.3, 0.4) is 0 Å². The first-order valence-corrected chi connectivity index (χ1v) is 4.90. The summed E-state index contributed by atoms with van der Waals surface area (Å²) in [5, 5.41) is 0. The lowest BCUT2D eigenvalue weighted by Gasteiger charge is -2.22. The van der Waals surface area contributed by atoms with E-state index >= 15 is 0 Å². The highest BCUT2D eigenvalue weighted by Crippen LogP contribution is 2.28. The molecule has 1 aromatic carbocycles. The zero-order chi connectivity index (χ0) is 9.97. The Labute approximate surface area is 82.9 Å². The molecule has 1 aliphatic heterocycles. The number of nitrogens with two attached hydrogens (primary N) is 1. The molecule has 14 heavy (non-hydrogen) atoms. The van der Waals surface area contributed by atoms with Crippen LogP contribution < -0.4 is 5.73 Å². The topological polar surface area (TPSA) is 35.2 Å². The Bertz CT molecular complexity index is 321. The molecule has 2 nitrogen and oxygen atoms in total. The average molecular weight is 195 g/mol. The van der Waals surface area contributed by atoms with Crippen molar-refractivity contribution in [2.45, 2.75) is 18.8 Å². The highest BCUT2D eigenvalue weighted by atomic mass is 19.1. The third-order valence-electron chi connectivity index (χ3n) is 2.72. The van der Waals surface area contributed by atoms with Crippen molar-refractivity contribution in [1.29, 1.82) is 0 Å². The number of halogens is 1. The molecule has 0 aromatic heterocycles. The zero-order valence-corrected chi connectivity index (χ0v) is 8.00. The summed E-state index contributed by atoms with van der Waals surface area (Å²) >= 11 is 0. The highest BCUT2D eigenvalue weighted by Gasteiger charge is 2.16. The van der Waals surface area contributed by atoms with Gasteiger partial charge < -0.3 is 10.5 Å². The standard InChI is InChI=1S/C11H14FNO/c12-10-7-9(1-2-11(10)13)8-3-5-14-6-4-8/h1-2,7-8H,3-6,13H2. The Morgan fingerprint density at radius 1 is 1.29 bits per heavy atom. The average Bonchev–Trinajstić information content (AvgIpc) is 2.23. The molecular weight excluding hydrogens is 181 g/mol. The van der Waals surface area contributed by atoms with Crippen LogP contribution in [0.1, 0.15) is 24.3 Å². The fourth-order valence-electron chi connectivity index (χ4n) is 1.83. The maximum absolute atomic E-state index is 13.2. The predicted molar refractivity (Wildman–Crippen MR) is 53.6 cm³/mol. The molecule has 0 bridgehead atoms. The Morgan fingerprint density at radius 2 is 2.00 bits per heavy atom. The van der Waals surface area contributed by atoms with Crippen molar-refractivity contribution >= 4 is 5.69 Å². The van der Waals surface area contributed by atoms with Crippen LogP contribution in [0.15, 0.2) is 18.2 Å². The van der Waals surface area contributed by atoms with Gasteiger partial charge in [-0.05, 0) is 36.5 Å². The summed E-state index contributed by atoms with van der Waals surface area (Å²) in [5.41, 5.74) is 6.68. The molecule has 1 aliphatic rings. The van der Waals surface area contributed by atoms with Gasteiger partial charge in [-0.1, -0.05) is 6.07 Å². The van der Waals surface area contributed by atoms with Crippen LogP contribution in [0, 0.1) is 5.82 Å². The van der Waals surface area contributed by atoms with Crippen molar-refractivity contribution < 1.29 is 9.13 Å². The van der Waals surface area contributed by atoms with Gasteiger partial charge in [0.15, 0.2) is 0 Å². The van der Waals surface area contributed by atoms with Crippen molar-refractivity contribution in [2.75, 3.05) is 18.9 Å². The third-order valence-corrected chi connectivity index (χ3v) is 2.72. The molecule has 0 aliphatic carbocycles. The van der Waals surface area contributed by atoms with Crippen LogP contribution in [0.25, 0.3) is 0 Å². The number of rotatable bonds is 1. The number of hydrogen-bond donors (Lipinski definition) is 1. The lowest BCUT2D eigenvalue weighted by molar-refractivity contribution is 0.0853. The summed E-state index contributed by atoms with van der Waals surface area (Å²) in [6, 6.07) is 5.10. The normalized spacial score (nSPS) is 18.4. The van der Waals surface area contributed by atoms with E-state index in [9.17, 15) is 4.39 Å². The van der Waals surface area contributed by atoms with Crippen LogP contribution in [0.2, 0.25) is 0 Å². The van der Waals surface area contributed by atoms with Crippen LogP contribution in [0.4, 0.5) is 10.1 Å². The SMILES string of the molecule is Nc1ccc(C2CCOCC2)cc1F. The van der Waals surface area contributed by atoms with E-state index in [2.05, 4.69) is 0 Å². The van der Waals surface area contributed by atoms with Gasteiger partial charge in [0, 0.05) is 13.2 Å². The van der Waals surface area contributed by atoms with E-state index in [4.69, 9.17) is 10.5 Å². The second kappa shape index (κ2) is 3.96. The van der Waals surface area contributed by atoms with Crippen LogP contribution in [-0.4, -0.2) is 13.2 Å².